The summed E-state index contributed by atoms with van der Waals surface area (Å²) in [4.78, 5) is 20.1. The van der Waals surface area contributed by atoms with Crippen molar-refractivity contribution in [1.82, 2.24) is 9.88 Å². The van der Waals surface area contributed by atoms with E-state index in [-0.39, 0.29) is 16.8 Å². The van der Waals surface area contributed by atoms with E-state index in [0.29, 0.717) is 4.88 Å². The fourth-order valence-corrected chi connectivity index (χ4v) is 5.05. The molecule has 0 N–H and O–H groups in total. The first kappa shape index (κ1) is 19.7. The van der Waals surface area contributed by atoms with E-state index in [0.717, 1.165) is 21.8 Å². The number of benzene rings is 1. The highest BCUT2D eigenvalue weighted by Crippen LogP contribution is 2.31. The molecule has 1 aromatic carbocycles. The largest absolute Gasteiger partial charge is 0.334 e. The van der Waals surface area contributed by atoms with Crippen LogP contribution in [0.2, 0.25) is 0 Å². The van der Waals surface area contributed by atoms with Crippen molar-refractivity contribution in [2.45, 2.75) is 24.8 Å². The summed E-state index contributed by atoms with van der Waals surface area (Å²) in [6, 6.07) is 8.45. The van der Waals surface area contributed by atoms with Gasteiger partial charge >= 0.3 is 0 Å². The smallest absolute Gasteiger partial charge is 0.266 e. The van der Waals surface area contributed by atoms with Crippen LogP contribution in [-0.2, 0) is 9.84 Å². The Balaban J connectivity index is 1.83. The Bertz CT molecular complexity index is 1050. The second-order valence-electron chi connectivity index (χ2n) is 6.38. The van der Waals surface area contributed by atoms with Crippen LogP contribution in [0, 0.1) is 6.92 Å². The fourth-order valence-electron chi connectivity index (χ4n) is 2.66. The lowest BCUT2D eigenvalue weighted by molar-refractivity contribution is 0.0746. The number of aryl methyl sites for hydroxylation is 1. The van der Waals surface area contributed by atoms with Gasteiger partial charge in [-0.25, -0.2) is 13.4 Å². The topological polar surface area (TPSA) is 67.3 Å². The molecule has 0 bridgehead atoms. The number of rotatable bonds is 5. The van der Waals surface area contributed by atoms with E-state index in [1.807, 2.05) is 30.7 Å². The van der Waals surface area contributed by atoms with E-state index in [9.17, 15) is 13.2 Å². The maximum Gasteiger partial charge on any atom is 0.266 e. The highest BCUT2D eigenvalue weighted by atomic mass is 32.2. The lowest BCUT2D eigenvalue weighted by Gasteiger charge is -2.25. The Kier molecular flexibility index (Phi) is 5.50. The van der Waals surface area contributed by atoms with Crippen molar-refractivity contribution < 1.29 is 13.2 Å². The van der Waals surface area contributed by atoms with Crippen LogP contribution in [-0.4, -0.2) is 37.5 Å². The summed E-state index contributed by atoms with van der Waals surface area (Å²) in [6.45, 7) is 3.77. The Hall–Kier alpha value is -2.03. The molecule has 0 radical (unpaired) electrons. The molecule has 0 saturated carbocycles. The SMILES string of the molecule is Cc1nc(-c2ccsc2)sc1C(=O)N(C)C(C)c1ccc(S(C)(=O)=O)cc1. The molecule has 3 rings (SSSR count). The third-order valence-electron chi connectivity index (χ3n) is 4.45. The second-order valence-corrected chi connectivity index (χ2v) is 10.2. The molecule has 0 aliphatic heterocycles. The molecule has 2 aromatic heterocycles. The summed E-state index contributed by atoms with van der Waals surface area (Å²) in [7, 11) is -1.48. The molecule has 3 aromatic rings. The van der Waals surface area contributed by atoms with Gasteiger partial charge in [0.1, 0.15) is 9.88 Å². The number of carbonyl (C=O) groups is 1. The van der Waals surface area contributed by atoms with E-state index in [4.69, 9.17) is 0 Å². The van der Waals surface area contributed by atoms with Gasteiger partial charge in [-0.3, -0.25) is 4.79 Å². The van der Waals surface area contributed by atoms with Crippen LogP contribution in [0.3, 0.4) is 0 Å². The summed E-state index contributed by atoms with van der Waals surface area (Å²) in [5.41, 5.74) is 2.62. The van der Waals surface area contributed by atoms with Gasteiger partial charge in [0.15, 0.2) is 9.84 Å². The summed E-state index contributed by atoms with van der Waals surface area (Å²) in [5.74, 6) is -0.0915. The molecule has 0 saturated heterocycles. The zero-order valence-electron chi connectivity index (χ0n) is 15.5. The van der Waals surface area contributed by atoms with Crippen LogP contribution in [0.1, 0.15) is 33.9 Å². The Morgan fingerprint density at radius 3 is 2.41 bits per heavy atom. The average Bonchev–Trinajstić information content (AvgIpc) is 3.28. The van der Waals surface area contributed by atoms with E-state index in [1.54, 1.807) is 47.5 Å². The number of hydrogen-bond acceptors (Lipinski definition) is 6. The average molecular weight is 421 g/mol. The van der Waals surface area contributed by atoms with Crippen molar-refractivity contribution in [2.24, 2.45) is 0 Å². The molecule has 0 spiro atoms. The highest BCUT2D eigenvalue weighted by Gasteiger charge is 2.24. The number of carbonyl (C=O) groups excluding carboxylic acids is 1. The molecule has 2 heterocycles. The van der Waals surface area contributed by atoms with Crippen molar-refractivity contribution in [3.8, 4) is 10.6 Å². The Morgan fingerprint density at radius 1 is 1.19 bits per heavy atom. The number of amides is 1. The van der Waals surface area contributed by atoms with Crippen molar-refractivity contribution in [1.29, 1.82) is 0 Å². The van der Waals surface area contributed by atoms with Crippen LogP contribution in [0.4, 0.5) is 0 Å². The van der Waals surface area contributed by atoms with Crippen molar-refractivity contribution in [3.63, 3.8) is 0 Å². The molecule has 5 nitrogen and oxygen atoms in total. The van der Waals surface area contributed by atoms with Crippen LogP contribution < -0.4 is 0 Å². The summed E-state index contributed by atoms with van der Waals surface area (Å²) >= 11 is 2.99. The quantitative estimate of drug-likeness (QED) is 0.613. The minimum absolute atomic E-state index is 0.0915. The molecular weight excluding hydrogens is 400 g/mol. The third-order valence-corrected chi connectivity index (χ3v) is 7.46. The van der Waals surface area contributed by atoms with Crippen molar-refractivity contribution in [3.05, 3.63) is 57.2 Å². The molecule has 0 aliphatic carbocycles. The van der Waals surface area contributed by atoms with Crippen molar-refractivity contribution in [2.75, 3.05) is 13.3 Å². The molecule has 0 aliphatic rings. The second kappa shape index (κ2) is 7.53. The maximum absolute atomic E-state index is 13.0. The highest BCUT2D eigenvalue weighted by molar-refractivity contribution is 7.90. The normalized spacial score (nSPS) is 12.7. The molecule has 1 atom stereocenters. The van der Waals surface area contributed by atoms with Crippen LogP contribution in [0.5, 0.6) is 0 Å². The van der Waals surface area contributed by atoms with E-state index in [2.05, 4.69) is 4.98 Å². The van der Waals surface area contributed by atoms with Gasteiger partial charge in [0.05, 0.1) is 16.6 Å². The van der Waals surface area contributed by atoms with Gasteiger partial charge in [-0.15, -0.1) is 11.3 Å². The maximum atomic E-state index is 13.0. The lowest BCUT2D eigenvalue weighted by atomic mass is 10.1. The van der Waals surface area contributed by atoms with Gasteiger partial charge in [-0.05, 0) is 43.0 Å². The lowest BCUT2D eigenvalue weighted by Crippen LogP contribution is -2.29. The summed E-state index contributed by atoms with van der Waals surface area (Å²) in [6.07, 6.45) is 1.18. The Morgan fingerprint density at radius 2 is 1.85 bits per heavy atom. The molecule has 142 valence electrons. The molecule has 27 heavy (non-hydrogen) atoms. The monoisotopic (exact) mass is 420 g/mol. The molecule has 1 amide bonds. The molecule has 0 fully saturated rings. The van der Waals surface area contributed by atoms with Crippen LogP contribution >= 0.6 is 22.7 Å². The minimum atomic E-state index is -3.24. The van der Waals surface area contributed by atoms with Crippen molar-refractivity contribution >= 4 is 38.4 Å². The predicted octanol–water partition coefficient (Wildman–Crippen LogP) is 4.42. The molecular formula is C19H20N2O3S3. The number of sulfone groups is 1. The van der Waals surface area contributed by atoms with E-state index >= 15 is 0 Å². The van der Waals surface area contributed by atoms with Gasteiger partial charge in [0.2, 0.25) is 0 Å². The first-order chi connectivity index (χ1) is 12.7. The van der Waals surface area contributed by atoms with Gasteiger partial charge in [-0.1, -0.05) is 12.1 Å². The zero-order valence-corrected chi connectivity index (χ0v) is 17.9. The number of nitrogens with zero attached hydrogens (tertiary/aromatic N) is 2. The summed E-state index contributed by atoms with van der Waals surface area (Å²) < 4.78 is 23.2. The first-order valence-electron chi connectivity index (χ1n) is 8.25. The number of hydrogen-bond donors (Lipinski definition) is 0. The zero-order chi connectivity index (χ0) is 19.8. The number of aromatic nitrogens is 1. The van der Waals surface area contributed by atoms with Gasteiger partial charge < -0.3 is 4.90 Å². The van der Waals surface area contributed by atoms with Crippen LogP contribution in [0.15, 0.2) is 46.0 Å². The first-order valence-corrected chi connectivity index (χ1v) is 11.9. The molecule has 8 heteroatoms. The fraction of sp³-hybridized carbons (Fsp3) is 0.263. The minimum Gasteiger partial charge on any atom is -0.334 e. The standard InChI is InChI=1S/C19H20N2O3S3/c1-12-17(26-18(20-12)15-9-10-25-11-15)19(22)21(3)13(2)14-5-7-16(8-6-14)27(4,23)24/h5-11,13H,1-4H3. The van der Waals surface area contributed by atoms with Gasteiger partial charge in [0, 0.05) is 24.2 Å². The Labute approximate surface area is 167 Å². The van der Waals surface area contributed by atoms with E-state index < -0.39 is 9.84 Å². The predicted molar refractivity (Wildman–Crippen MR) is 110 cm³/mol. The van der Waals surface area contributed by atoms with Crippen LogP contribution in [0.25, 0.3) is 10.6 Å². The van der Waals surface area contributed by atoms with Gasteiger partial charge in [0.25, 0.3) is 5.91 Å². The number of thiazole rings is 1. The summed E-state index contributed by atoms with van der Waals surface area (Å²) in [5, 5.41) is 4.85. The van der Waals surface area contributed by atoms with Gasteiger partial charge in [-0.2, -0.15) is 11.3 Å². The number of thiophene rings is 1. The van der Waals surface area contributed by atoms with E-state index in [1.165, 1.54) is 17.6 Å². The third kappa shape index (κ3) is 4.12. The molecule has 1 unspecified atom stereocenters.